The summed E-state index contributed by atoms with van der Waals surface area (Å²) in [7, 11) is 3.14. The van der Waals surface area contributed by atoms with Crippen LogP contribution in [0.5, 0.6) is 0 Å². The molecule has 4 heteroatoms. The number of rotatable bonds is 1. The Morgan fingerprint density at radius 1 is 1.90 bits per heavy atom. The van der Waals surface area contributed by atoms with Gasteiger partial charge in [0, 0.05) is 19.7 Å². The molecule has 0 amide bonds. The van der Waals surface area contributed by atoms with E-state index in [4.69, 9.17) is 0 Å². The van der Waals surface area contributed by atoms with E-state index < -0.39 is 0 Å². The average Bonchev–Trinajstić information content (AvgIpc) is 2.34. The monoisotopic (exact) mass is 142 g/mol. The van der Waals surface area contributed by atoms with E-state index in [2.05, 4.69) is 9.84 Å². The minimum atomic E-state index is -0.222. The largest absolute Gasteiger partial charge is 0.467 e. The van der Waals surface area contributed by atoms with Crippen LogP contribution in [-0.2, 0) is 9.53 Å². The van der Waals surface area contributed by atoms with Crippen molar-refractivity contribution < 1.29 is 9.53 Å². The molecule has 1 aliphatic heterocycles. The van der Waals surface area contributed by atoms with Crippen LogP contribution in [0.3, 0.4) is 0 Å². The molecule has 0 aromatic carbocycles. The van der Waals surface area contributed by atoms with Gasteiger partial charge in [-0.05, 0) is 0 Å². The number of carbonyl (C=O) groups is 1. The van der Waals surface area contributed by atoms with Crippen LogP contribution in [0.15, 0.2) is 5.10 Å². The summed E-state index contributed by atoms with van der Waals surface area (Å²) in [4.78, 5) is 10.9. The molecule has 10 heavy (non-hydrogen) atoms. The predicted octanol–water partition coefficient (Wildman–Crippen LogP) is -0.151. The number of hydrogen-bond donors (Lipinski definition) is 0. The van der Waals surface area contributed by atoms with Gasteiger partial charge in [0.1, 0.15) is 6.04 Å². The first-order valence-corrected chi connectivity index (χ1v) is 3.09. The van der Waals surface area contributed by atoms with Crippen LogP contribution >= 0.6 is 0 Å². The molecule has 4 nitrogen and oxygen atoms in total. The first kappa shape index (κ1) is 7.05. The number of carbonyl (C=O) groups excluding carboxylic acids is 1. The van der Waals surface area contributed by atoms with Crippen molar-refractivity contribution in [2.24, 2.45) is 5.10 Å². The van der Waals surface area contributed by atoms with Crippen molar-refractivity contribution in [3.8, 4) is 0 Å². The van der Waals surface area contributed by atoms with Crippen LogP contribution in [0.1, 0.15) is 6.42 Å². The fraction of sp³-hybridized carbons (Fsp3) is 0.667. The van der Waals surface area contributed by atoms with Gasteiger partial charge in [0.2, 0.25) is 0 Å². The second-order valence-electron chi connectivity index (χ2n) is 2.15. The summed E-state index contributed by atoms with van der Waals surface area (Å²) in [6, 6.07) is -0.204. The molecule has 0 aliphatic carbocycles. The summed E-state index contributed by atoms with van der Waals surface area (Å²) >= 11 is 0. The van der Waals surface area contributed by atoms with Gasteiger partial charge in [0.15, 0.2) is 0 Å². The molecule has 1 rings (SSSR count). The van der Waals surface area contributed by atoms with E-state index in [0.717, 1.165) is 0 Å². The molecule has 0 bridgehead atoms. The highest BCUT2D eigenvalue weighted by atomic mass is 16.5. The number of hydrogen-bond acceptors (Lipinski definition) is 4. The maximum atomic E-state index is 10.9. The fourth-order valence-electron chi connectivity index (χ4n) is 0.894. The van der Waals surface area contributed by atoms with Crippen molar-refractivity contribution in [3.05, 3.63) is 0 Å². The predicted molar refractivity (Wildman–Crippen MR) is 36.7 cm³/mol. The lowest BCUT2D eigenvalue weighted by Crippen LogP contribution is -2.32. The summed E-state index contributed by atoms with van der Waals surface area (Å²) in [5.41, 5.74) is 0. The SMILES string of the molecule is COC(=O)C1CC=NN1C. The van der Waals surface area contributed by atoms with Crippen LogP contribution < -0.4 is 0 Å². The first-order chi connectivity index (χ1) is 4.75. The van der Waals surface area contributed by atoms with E-state index in [1.807, 2.05) is 0 Å². The summed E-state index contributed by atoms with van der Waals surface area (Å²) in [5, 5.41) is 5.50. The Labute approximate surface area is 59.5 Å². The second-order valence-corrected chi connectivity index (χ2v) is 2.15. The molecule has 0 radical (unpaired) electrons. The summed E-state index contributed by atoms with van der Waals surface area (Å²) < 4.78 is 4.54. The van der Waals surface area contributed by atoms with E-state index in [9.17, 15) is 4.79 Å². The second kappa shape index (κ2) is 2.68. The average molecular weight is 142 g/mol. The van der Waals surface area contributed by atoms with Gasteiger partial charge < -0.3 is 4.74 Å². The zero-order valence-corrected chi connectivity index (χ0v) is 6.07. The van der Waals surface area contributed by atoms with Gasteiger partial charge in [-0.2, -0.15) is 5.10 Å². The Morgan fingerprint density at radius 3 is 3.00 bits per heavy atom. The molecular formula is C6H10N2O2. The van der Waals surface area contributed by atoms with Crippen molar-refractivity contribution in [1.29, 1.82) is 0 Å². The maximum absolute atomic E-state index is 10.9. The maximum Gasteiger partial charge on any atom is 0.330 e. The lowest BCUT2D eigenvalue weighted by atomic mass is 10.2. The van der Waals surface area contributed by atoms with Gasteiger partial charge in [-0.1, -0.05) is 0 Å². The zero-order valence-electron chi connectivity index (χ0n) is 6.07. The molecule has 1 aliphatic rings. The van der Waals surface area contributed by atoms with Crippen molar-refractivity contribution in [1.82, 2.24) is 5.01 Å². The quantitative estimate of drug-likeness (QED) is 0.478. The molecule has 0 aromatic heterocycles. The third-order valence-electron chi connectivity index (χ3n) is 1.52. The van der Waals surface area contributed by atoms with E-state index in [1.165, 1.54) is 7.11 Å². The van der Waals surface area contributed by atoms with Gasteiger partial charge in [0.25, 0.3) is 0 Å². The van der Waals surface area contributed by atoms with Gasteiger partial charge >= 0.3 is 5.97 Å². The molecule has 1 unspecified atom stereocenters. The number of esters is 1. The van der Waals surface area contributed by atoms with Crippen LogP contribution in [0.25, 0.3) is 0 Å². The standard InChI is InChI=1S/C6H10N2O2/c1-8-5(3-4-7-8)6(9)10-2/h4-5H,3H2,1-2H3. The van der Waals surface area contributed by atoms with E-state index >= 15 is 0 Å². The van der Waals surface area contributed by atoms with Crippen molar-refractivity contribution in [2.75, 3.05) is 14.2 Å². The van der Waals surface area contributed by atoms with Crippen molar-refractivity contribution in [3.63, 3.8) is 0 Å². The molecule has 0 saturated heterocycles. The van der Waals surface area contributed by atoms with Crippen LogP contribution in [0.4, 0.5) is 0 Å². The van der Waals surface area contributed by atoms with Gasteiger partial charge in [-0.3, -0.25) is 5.01 Å². The zero-order chi connectivity index (χ0) is 7.56. The Balaban J connectivity index is 2.51. The van der Waals surface area contributed by atoms with Gasteiger partial charge in [0.05, 0.1) is 7.11 Å². The van der Waals surface area contributed by atoms with Crippen LogP contribution in [0.2, 0.25) is 0 Å². The summed E-state index contributed by atoms with van der Waals surface area (Å²) in [5.74, 6) is -0.222. The number of nitrogens with zero attached hydrogens (tertiary/aromatic N) is 2. The molecular weight excluding hydrogens is 132 g/mol. The fourth-order valence-corrected chi connectivity index (χ4v) is 0.894. The van der Waals surface area contributed by atoms with Crippen LogP contribution in [-0.4, -0.2) is 37.4 Å². The molecule has 1 atom stereocenters. The molecule has 1 heterocycles. The Kier molecular flexibility index (Phi) is 1.89. The molecule has 0 N–H and O–H groups in total. The molecule has 0 fully saturated rings. The van der Waals surface area contributed by atoms with Crippen molar-refractivity contribution >= 4 is 12.2 Å². The highest BCUT2D eigenvalue weighted by Crippen LogP contribution is 2.08. The van der Waals surface area contributed by atoms with Crippen molar-refractivity contribution in [2.45, 2.75) is 12.5 Å². The van der Waals surface area contributed by atoms with E-state index in [-0.39, 0.29) is 12.0 Å². The highest BCUT2D eigenvalue weighted by molar-refractivity contribution is 5.81. The first-order valence-electron chi connectivity index (χ1n) is 3.09. The third-order valence-corrected chi connectivity index (χ3v) is 1.52. The van der Waals surface area contributed by atoms with Gasteiger partial charge in [-0.15, -0.1) is 0 Å². The third kappa shape index (κ3) is 1.10. The Bertz CT molecular complexity index is 167. The lowest BCUT2D eigenvalue weighted by molar-refractivity contribution is -0.145. The number of likely N-dealkylation sites (N-methyl/N-ethyl adjacent to an activating group) is 1. The normalized spacial score (nSPS) is 23.4. The minimum Gasteiger partial charge on any atom is -0.467 e. The molecule has 0 saturated carbocycles. The number of hydrazone groups is 1. The molecule has 0 aromatic rings. The Hall–Kier alpha value is -1.06. The van der Waals surface area contributed by atoms with E-state index in [0.29, 0.717) is 6.42 Å². The topological polar surface area (TPSA) is 41.9 Å². The smallest absolute Gasteiger partial charge is 0.330 e. The summed E-state index contributed by atoms with van der Waals surface area (Å²) in [6.07, 6.45) is 2.37. The molecule has 0 spiro atoms. The summed E-state index contributed by atoms with van der Waals surface area (Å²) in [6.45, 7) is 0. The lowest BCUT2D eigenvalue weighted by Gasteiger charge is -2.15. The minimum absolute atomic E-state index is 0.204. The Morgan fingerprint density at radius 2 is 2.60 bits per heavy atom. The van der Waals surface area contributed by atoms with Crippen LogP contribution in [0, 0.1) is 0 Å². The van der Waals surface area contributed by atoms with E-state index in [1.54, 1.807) is 18.3 Å². The number of ether oxygens (including phenoxy) is 1. The number of methoxy groups -OCH3 is 1. The van der Waals surface area contributed by atoms with Gasteiger partial charge in [-0.25, -0.2) is 4.79 Å². The highest BCUT2D eigenvalue weighted by Gasteiger charge is 2.25. The molecule has 56 valence electrons.